The van der Waals surface area contributed by atoms with Crippen LogP contribution < -0.4 is 5.32 Å². The molecule has 0 aromatic rings. The Balaban J connectivity index is 1.80. The zero-order valence-corrected chi connectivity index (χ0v) is 14.8. The fourth-order valence-electron chi connectivity index (χ4n) is 3.42. The molecule has 126 valence electrons. The van der Waals surface area contributed by atoms with Gasteiger partial charge in [-0.15, -0.1) is 0 Å². The van der Waals surface area contributed by atoms with Crippen LogP contribution in [0.1, 0.15) is 90.4 Å². The summed E-state index contributed by atoms with van der Waals surface area (Å²) in [5.41, 5.74) is 0. The van der Waals surface area contributed by atoms with E-state index in [1.165, 1.54) is 103 Å². The van der Waals surface area contributed by atoms with Crippen LogP contribution in [0.2, 0.25) is 0 Å². The SMILES string of the molecule is CCCCCCCCCCCCN(C)CC1CCCCN1. The lowest BCUT2D eigenvalue weighted by Crippen LogP contribution is -2.42. The van der Waals surface area contributed by atoms with Gasteiger partial charge in [-0.2, -0.15) is 0 Å². The minimum Gasteiger partial charge on any atom is -0.313 e. The summed E-state index contributed by atoms with van der Waals surface area (Å²) in [6, 6.07) is 0.756. The third kappa shape index (κ3) is 11.2. The van der Waals surface area contributed by atoms with E-state index >= 15 is 0 Å². The molecule has 0 aromatic carbocycles. The van der Waals surface area contributed by atoms with Crippen LogP contribution in [-0.4, -0.2) is 37.6 Å². The van der Waals surface area contributed by atoms with Crippen molar-refractivity contribution >= 4 is 0 Å². The number of hydrogen-bond acceptors (Lipinski definition) is 2. The van der Waals surface area contributed by atoms with Crippen LogP contribution in [0.15, 0.2) is 0 Å². The van der Waals surface area contributed by atoms with Gasteiger partial charge in [0.25, 0.3) is 0 Å². The number of nitrogens with zero attached hydrogens (tertiary/aromatic N) is 1. The van der Waals surface area contributed by atoms with Gasteiger partial charge in [-0.1, -0.05) is 71.1 Å². The van der Waals surface area contributed by atoms with Gasteiger partial charge in [0.05, 0.1) is 0 Å². The van der Waals surface area contributed by atoms with Crippen molar-refractivity contribution in [3.63, 3.8) is 0 Å². The monoisotopic (exact) mass is 296 g/mol. The first-order chi connectivity index (χ1) is 10.3. The van der Waals surface area contributed by atoms with Gasteiger partial charge in [-0.05, 0) is 39.4 Å². The summed E-state index contributed by atoms with van der Waals surface area (Å²) in [5.74, 6) is 0. The van der Waals surface area contributed by atoms with E-state index in [1.54, 1.807) is 0 Å². The largest absolute Gasteiger partial charge is 0.313 e. The number of hydrogen-bond donors (Lipinski definition) is 1. The average Bonchev–Trinajstić information content (AvgIpc) is 2.50. The van der Waals surface area contributed by atoms with Gasteiger partial charge in [-0.3, -0.25) is 0 Å². The number of rotatable bonds is 13. The van der Waals surface area contributed by atoms with Crippen molar-refractivity contribution in [2.75, 3.05) is 26.7 Å². The molecule has 0 amide bonds. The molecule has 1 fully saturated rings. The van der Waals surface area contributed by atoms with Gasteiger partial charge in [0.15, 0.2) is 0 Å². The molecule has 21 heavy (non-hydrogen) atoms. The molecule has 2 nitrogen and oxygen atoms in total. The Kier molecular flexibility index (Phi) is 12.3. The Bertz CT molecular complexity index is 212. The normalized spacial score (nSPS) is 19.3. The van der Waals surface area contributed by atoms with Crippen LogP contribution in [0.4, 0.5) is 0 Å². The van der Waals surface area contributed by atoms with Crippen molar-refractivity contribution in [3.8, 4) is 0 Å². The number of likely N-dealkylation sites (N-methyl/N-ethyl adjacent to an activating group) is 1. The molecule has 1 N–H and O–H groups in total. The van der Waals surface area contributed by atoms with Crippen LogP contribution in [0.25, 0.3) is 0 Å². The van der Waals surface area contributed by atoms with Crippen molar-refractivity contribution < 1.29 is 0 Å². The highest BCUT2D eigenvalue weighted by Crippen LogP contribution is 2.11. The highest BCUT2D eigenvalue weighted by atomic mass is 15.1. The minimum atomic E-state index is 0.756. The lowest BCUT2D eigenvalue weighted by Gasteiger charge is -2.28. The molecule has 0 saturated carbocycles. The predicted molar refractivity (Wildman–Crippen MR) is 95.0 cm³/mol. The molecule has 1 heterocycles. The Morgan fingerprint density at radius 3 is 2.05 bits per heavy atom. The van der Waals surface area contributed by atoms with Crippen molar-refractivity contribution in [1.29, 1.82) is 0 Å². The molecule has 0 aliphatic carbocycles. The van der Waals surface area contributed by atoms with Gasteiger partial charge >= 0.3 is 0 Å². The first-order valence-corrected chi connectivity index (χ1v) is 9.75. The number of nitrogens with one attached hydrogen (secondary N) is 1. The molecule has 1 unspecified atom stereocenters. The molecular formula is C19H40N2. The molecule has 2 heteroatoms. The molecule has 0 bridgehead atoms. The highest BCUT2D eigenvalue weighted by molar-refractivity contribution is 4.74. The molecule has 1 atom stereocenters. The van der Waals surface area contributed by atoms with Crippen molar-refractivity contribution in [3.05, 3.63) is 0 Å². The zero-order chi connectivity index (χ0) is 15.2. The summed E-state index contributed by atoms with van der Waals surface area (Å²) < 4.78 is 0. The maximum absolute atomic E-state index is 3.65. The average molecular weight is 297 g/mol. The van der Waals surface area contributed by atoms with E-state index in [0.717, 1.165) is 6.04 Å². The molecule has 0 aromatic heterocycles. The molecule has 1 saturated heterocycles. The third-order valence-electron chi connectivity index (χ3n) is 4.84. The second kappa shape index (κ2) is 13.6. The molecule has 0 radical (unpaired) electrons. The third-order valence-corrected chi connectivity index (χ3v) is 4.84. The molecule has 1 rings (SSSR count). The summed E-state index contributed by atoms with van der Waals surface area (Å²) in [5, 5.41) is 3.65. The maximum atomic E-state index is 3.65. The van der Waals surface area contributed by atoms with Crippen molar-refractivity contribution in [1.82, 2.24) is 10.2 Å². The lowest BCUT2D eigenvalue weighted by atomic mass is 10.0. The summed E-state index contributed by atoms with van der Waals surface area (Å²) in [4.78, 5) is 2.54. The standard InChI is InChI=1S/C19H40N2/c1-3-4-5-6-7-8-9-10-11-14-17-21(2)18-19-15-12-13-16-20-19/h19-20H,3-18H2,1-2H3. The van der Waals surface area contributed by atoms with E-state index in [0.29, 0.717) is 0 Å². The second-order valence-corrected chi connectivity index (χ2v) is 7.09. The van der Waals surface area contributed by atoms with Crippen molar-refractivity contribution in [2.24, 2.45) is 0 Å². The first kappa shape index (κ1) is 19.0. The van der Waals surface area contributed by atoms with Crippen LogP contribution in [-0.2, 0) is 0 Å². The Morgan fingerprint density at radius 2 is 1.48 bits per heavy atom. The van der Waals surface area contributed by atoms with Gasteiger partial charge in [-0.25, -0.2) is 0 Å². The fraction of sp³-hybridized carbons (Fsp3) is 1.00. The fourth-order valence-corrected chi connectivity index (χ4v) is 3.42. The van der Waals surface area contributed by atoms with E-state index < -0.39 is 0 Å². The quantitative estimate of drug-likeness (QED) is 0.482. The van der Waals surface area contributed by atoms with Crippen LogP contribution in [0.3, 0.4) is 0 Å². The van der Waals surface area contributed by atoms with E-state index in [9.17, 15) is 0 Å². The van der Waals surface area contributed by atoms with E-state index in [4.69, 9.17) is 0 Å². The number of unbranched alkanes of at least 4 members (excludes halogenated alkanes) is 9. The summed E-state index contributed by atoms with van der Waals surface area (Å²) >= 11 is 0. The highest BCUT2D eigenvalue weighted by Gasteiger charge is 2.13. The van der Waals surface area contributed by atoms with Gasteiger partial charge < -0.3 is 10.2 Å². The predicted octanol–water partition coefficient (Wildman–Crippen LogP) is 4.98. The van der Waals surface area contributed by atoms with E-state index in [2.05, 4.69) is 24.2 Å². The summed E-state index contributed by atoms with van der Waals surface area (Å²) in [6.45, 7) is 6.06. The van der Waals surface area contributed by atoms with Crippen LogP contribution in [0.5, 0.6) is 0 Å². The van der Waals surface area contributed by atoms with Gasteiger partial charge in [0, 0.05) is 12.6 Å². The molecule has 1 aliphatic rings. The van der Waals surface area contributed by atoms with Crippen LogP contribution >= 0.6 is 0 Å². The number of piperidine rings is 1. The Morgan fingerprint density at radius 1 is 0.857 bits per heavy atom. The topological polar surface area (TPSA) is 15.3 Å². The summed E-state index contributed by atoms with van der Waals surface area (Å²) in [7, 11) is 2.30. The maximum Gasteiger partial charge on any atom is 0.0194 e. The Hall–Kier alpha value is -0.0800. The lowest BCUT2D eigenvalue weighted by molar-refractivity contribution is 0.257. The molecule has 0 spiro atoms. The molecule has 1 aliphatic heterocycles. The Labute approximate surface area is 134 Å². The molecular weight excluding hydrogens is 256 g/mol. The van der Waals surface area contributed by atoms with Gasteiger partial charge in [0.2, 0.25) is 0 Å². The first-order valence-electron chi connectivity index (χ1n) is 9.75. The second-order valence-electron chi connectivity index (χ2n) is 7.09. The van der Waals surface area contributed by atoms with Crippen LogP contribution in [0, 0.1) is 0 Å². The zero-order valence-electron chi connectivity index (χ0n) is 14.8. The minimum absolute atomic E-state index is 0.756. The van der Waals surface area contributed by atoms with E-state index in [1.807, 2.05) is 0 Å². The summed E-state index contributed by atoms with van der Waals surface area (Å²) in [6.07, 6.45) is 18.5. The van der Waals surface area contributed by atoms with Crippen molar-refractivity contribution in [2.45, 2.75) is 96.4 Å². The van der Waals surface area contributed by atoms with E-state index in [-0.39, 0.29) is 0 Å². The van der Waals surface area contributed by atoms with Gasteiger partial charge in [0.1, 0.15) is 0 Å². The smallest absolute Gasteiger partial charge is 0.0194 e.